The topological polar surface area (TPSA) is 75.9 Å². The van der Waals surface area contributed by atoms with E-state index in [0.29, 0.717) is 11.2 Å². The van der Waals surface area contributed by atoms with Gasteiger partial charge in [-0.1, -0.05) is 37.2 Å². The lowest BCUT2D eigenvalue weighted by Crippen LogP contribution is -2.30. The van der Waals surface area contributed by atoms with Crippen molar-refractivity contribution in [2.45, 2.75) is 58.2 Å². The zero-order valence-electron chi connectivity index (χ0n) is 19.3. The van der Waals surface area contributed by atoms with E-state index < -0.39 is 0 Å². The zero-order valence-corrected chi connectivity index (χ0v) is 20.1. The largest absolute Gasteiger partial charge is 0.369 e. The Labute approximate surface area is 194 Å². The molecule has 0 fully saturated rings. The second kappa shape index (κ2) is 11.7. The van der Waals surface area contributed by atoms with Gasteiger partial charge in [0.25, 0.3) is 0 Å². The van der Waals surface area contributed by atoms with E-state index in [1.54, 1.807) is 4.68 Å². The number of hydrogen-bond donors (Lipinski definition) is 1. The molecule has 170 valence electrons. The number of hydrogen-bond acceptors (Lipinski definition) is 6. The lowest BCUT2D eigenvalue weighted by atomic mass is 10.1. The maximum absolute atomic E-state index is 12.5. The van der Waals surface area contributed by atoms with Crippen molar-refractivity contribution in [1.82, 2.24) is 20.2 Å². The maximum Gasteiger partial charge on any atom is 0.234 e. The van der Waals surface area contributed by atoms with Crippen molar-refractivity contribution in [3.63, 3.8) is 0 Å². The number of amides is 1. The predicted octanol–water partition coefficient (Wildman–Crippen LogP) is 4.97. The summed E-state index contributed by atoms with van der Waals surface area (Å²) < 4.78 is 1.67. The summed E-state index contributed by atoms with van der Waals surface area (Å²) in [6.45, 7) is 9.62. The fraction of sp³-hybridized carbons (Fsp3) is 0.417. The van der Waals surface area contributed by atoms with Crippen molar-refractivity contribution < 1.29 is 4.79 Å². The van der Waals surface area contributed by atoms with Crippen molar-refractivity contribution in [2.75, 3.05) is 22.5 Å². The van der Waals surface area contributed by atoms with Crippen molar-refractivity contribution >= 4 is 29.0 Å². The van der Waals surface area contributed by atoms with Crippen molar-refractivity contribution in [1.29, 1.82) is 0 Å². The number of thioether (sulfide) groups is 1. The van der Waals surface area contributed by atoms with Crippen molar-refractivity contribution in [2.24, 2.45) is 0 Å². The highest BCUT2D eigenvalue weighted by Crippen LogP contribution is 2.22. The van der Waals surface area contributed by atoms with Crippen LogP contribution < -0.4 is 10.2 Å². The van der Waals surface area contributed by atoms with Gasteiger partial charge in [-0.3, -0.25) is 4.79 Å². The van der Waals surface area contributed by atoms with Crippen LogP contribution in [0.1, 0.15) is 46.1 Å². The number of aromatic nitrogens is 4. The van der Waals surface area contributed by atoms with Gasteiger partial charge in [-0.05, 0) is 86.0 Å². The van der Waals surface area contributed by atoms with E-state index in [1.807, 2.05) is 36.4 Å². The first kappa shape index (κ1) is 23.8. The summed E-state index contributed by atoms with van der Waals surface area (Å²) in [5.74, 6) is 0.132. The van der Waals surface area contributed by atoms with E-state index in [2.05, 4.69) is 65.6 Å². The molecule has 1 aromatic heterocycles. The summed E-state index contributed by atoms with van der Waals surface area (Å²) in [6, 6.07) is 16.6. The van der Waals surface area contributed by atoms with Crippen LogP contribution >= 0.6 is 11.8 Å². The fourth-order valence-electron chi connectivity index (χ4n) is 3.52. The van der Waals surface area contributed by atoms with Crippen LogP contribution in [0.15, 0.2) is 53.7 Å². The van der Waals surface area contributed by atoms with Crippen LogP contribution in [0.4, 0.5) is 11.4 Å². The van der Waals surface area contributed by atoms with Gasteiger partial charge in [-0.2, -0.15) is 4.68 Å². The third-order valence-corrected chi connectivity index (χ3v) is 6.14. The molecule has 32 heavy (non-hydrogen) atoms. The minimum absolute atomic E-state index is 0.0941. The Kier molecular flexibility index (Phi) is 8.67. The molecule has 0 spiro atoms. The molecular formula is C24H32N6OS. The van der Waals surface area contributed by atoms with Gasteiger partial charge < -0.3 is 10.2 Å². The Hall–Kier alpha value is -2.87. The van der Waals surface area contributed by atoms with Crippen LogP contribution in [0.2, 0.25) is 0 Å². The summed E-state index contributed by atoms with van der Waals surface area (Å²) in [4.78, 5) is 14.8. The molecule has 1 heterocycles. The average molecular weight is 453 g/mol. The number of carbonyl (C=O) groups excluding carboxylic acids is 1. The minimum atomic E-state index is -0.0941. The highest BCUT2D eigenvalue weighted by atomic mass is 32.2. The summed E-state index contributed by atoms with van der Waals surface area (Å²) >= 11 is 1.32. The van der Waals surface area contributed by atoms with Gasteiger partial charge >= 0.3 is 0 Å². The number of carbonyl (C=O) groups is 1. The molecular weight excluding hydrogens is 420 g/mol. The number of benzene rings is 2. The van der Waals surface area contributed by atoms with E-state index in [4.69, 9.17) is 0 Å². The lowest BCUT2D eigenvalue weighted by molar-refractivity contribution is -0.113. The third kappa shape index (κ3) is 6.32. The van der Waals surface area contributed by atoms with E-state index in [1.165, 1.54) is 30.2 Å². The Morgan fingerprint density at radius 1 is 1.09 bits per heavy atom. The van der Waals surface area contributed by atoms with E-state index in [0.717, 1.165) is 30.0 Å². The van der Waals surface area contributed by atoms with Crippen LogP contribution in [-0.2, 0) is 11.2 Å². The number of anilines is 2. The molecule has 2 aromatic carbocycles. The molecule has 7 nitrogen and oxygen atoms in total. The molecule has 0 aliphatic rings. The SMILES string of the molecule is CCCCc1ccc(-n2nnnc2SCC(=O)Nc2ccc(N(CC)C(C)C)cc2)cc1. The average Bonchev–Trinajstić information content (AvgIpc) is 3.27. The highest BCUT2D eigenvalue weighted by molar-refractivity contribution is 7.99. The monoisotopic (exact) mass is 452 g/mol. The Morgan fingerprint density at radius 3 is 2.44 bits per heavy atom. The molecule has 0 aliphatic carbocycles. The number of nitrogens with zero attached hydrogens (tertiary/aromatic N) is 5. The molecule has 0 aliphatic heterocycles. The number of aryl methyl sites for hydroxylation is 1. The quantitative estimate of drug-likeness (QED) is 0.414. The first-order chi connectivity index (χ1) is 15.5. The molecule has 0 unspecified atom stereocenters. The molecule has 1 N–H and O–H groups in total. The van der Waals surface area contributed by atoms with Gasteiger partial charge in [0.1, 0.15) is 0 Å². The minimum Gasteiger partial charge on any atom is -0.369 e. The van der Waals surface area contributed by atoms with Crippen LogP contribution in [0.25, 0.3) is 5.69 Å². The third-order valence-electron chi connectivity index (χ3n) is 5.22. The molecule has 0 saturated carbocycles. The van der Waals surface area contributed by atoms with Crippen LogP contribution in [0.5, 0.6) is 0 Å². The van der Waals surface area contributed by atoms with E-state index >= 15 is 0 Å². The van der Waals surface area contributed by atoms with Crippen molar-refractivity contribution in [3.8, 4) is 5.69 Å². The van der Waals surface area contributed by atoms with Gasteiger partial charge in [0.05, 0.1) is 11.4 Å². The second-order valence-corrected chi connectivity index (χ2v) is 8.85. The molecule has 8 heteroatoms. The predicted molar refractivity (Wildman–Crippen MR) is 132 cm³/mol. The smallest absolute Gasteiger partial charge is 0.234 e. The molecule has 0 radical (unpaired) electrons. The molecule has 1 amide bonds. The summed E-state index contributed by atoms with van der Waals surface area (Å²) in [5, 5.41) is 15.5. The van der Waals surface area contributed by atoms with Crippen LogP contribution in [0.3, 0.4) is 0 Å². The van der Waals surface area contributed by atoms with Crippen molar-refractivity contribution in [3.05, 3.63) is 54.1 Å². The lowest BCUT2D eigenvalue weighted by Gasteiger charge is -2.27. The van der Waals surface area contributed by atoms with Crippen LogP contribution in [0, 0.1) is 0 Å². The standard InChI is InChI=1S/C24H32N6OS/c1-5-7-8-19-9-13-22(14-10-19)30-24(26-27-28-30)32-17-23(31)25-20-11-15-21(16-12-20)29(6-2)18(3)4/h9-16,18H,5-8,17H2,1-4H3,(H,25,31). The van der Waals surface area contributed by atoms with Crippen LogP contribution in [-0.4, -0.2) is 44.5 Å². The van der Waals surface area contributed by atoms with Gasteiger partial charge in [0.2, 0.25) is 11.1 Å². The second-order valence-electron chi connectivity index (χ2n) is 7.91. The maximum atomic E-state index is 12.5. The number of unbranched alkanes of at least 4 members (excludes halogenated alkanes) is 1. The first-order valence-corrected chi connectivity index (χ1v) is 12.2. The molecule has 0 bridgehead atoms. The van der Waals surface area contributed by atoms with Gasteiger partial charge in [-0.15, -0.1) is 5.10 Å². The first-order valence-electron chi connectivity index (χ1n) is 11.2. The molecule has 3 aromatic rings. The number of tetrazole rings is 1. The summed E-state index contributed by atoms with van der Waals surface area (Å²) in [7, 11) is 0. The Bertz CT molecular complexity index is 984. The molecule has 3 rings (SSSR count). The Morgan fingerprint density at radius 2 is 1.81 bits per heavy atom. The Balaban J connectivity index is 1.56. The molecule has 0 saturated heterocycles. The van der Waals surface area contributed by atoms with Gasteiger partial charge in [0, 0.05) is 24.0 Å². The van der Waals surface area contributed by atoms with Gasteiger partial charge in [-0.25, -0.2) is 0 Å². The highest BCUT2D eigenvalue weighted by Gasteiger charge is 2.13. The summed E-state index contributed by atoms with van der Waals surface area (Å²) in [5.41, 5.74) is 4.12. The molecule has 0 atom stereocenters. The zero-order chi connectivity index (χ0) is 22.9. The number of rotatable bonds is 11. The normalized spacial score (nSPS) is 11.0. The number of nitrogens with one attached hydrogen (secondary N) is 1. The summed E-state index contributed by atoms with van der Waals surface area (Å²) in [6.07, 6.45) is 3.43. The fourth-order valence-corrected chi connectivity index (χ4v) is 4.22. The van der Waals surface area contributed by atoms with E-state index in [9.17, 15) is 4.79 Å². The van der Waals surface area contributed by atoms with E-state index in [-0.39, 0.29) is 11.7 Å². The van der Waals surface area contributed by atoms with Gasteiger partial charge in [0.15, 0.2) is 0 Å².